The molecule has 0 aliphatic carbocycles. The molecule has 3 heterocycles. The van der Waals surface area contributed by atoms with Gasteiger partial charge >= 0.3 is 16.4 Å². The SMILES string of the molecule is O=C(NOCCn1ccnc1)C1CCC2CN1C(=O)N2OS(=O)(=O)O. The average Bonchev–Trinajstić information content (AvgIpc) is 3.14. The number of hydrogen-bond acceptors (Lipinski definition) is 7. The van der Waals surface area contributed by atoms with Gasteiger partial charge in [0.05, 0.1) is 19.0 Å². The van der Waals surface area contributed by atoms with Crippen LogP contribution in [0.2, 0.25) is 0 Å². The zero-order valence-corrected chi connectivity index (χ0v) is 13.8. The predicted octanol–water partition coefficient (Wildman–Crippen LogP) is -1.07. The van der Waals surface area contributed by atoms with E-state index in [0.29, 0.717) is 24.4 Å². The Morgan fingerprint density at radius 3 is 2.92 bits per heavy atom. The van der Waals surface area contributed by atoms with Crippen molar-refractivity contribution < 1.29 is 31.7 Å². The number of carbonyl (C=O) groups is 2. The Bertz CT molecular complexity index is 737. The molecule has 2 atom stereocenters. The Hall–Kier alpha value is -2.22. The second kappa shape index (κ2) is 6.95. The quantitative estimate of drug-likeness (QED) is 0.348. The zero-order chi connectivity index (χ0) is 18.0. The molecule has 2 aliphatic heterocycles. The van der Waals surface area contributed by atoms with Crippen molar-refractivity contribution >= 4 is 22.3 Å². The number of imidazole rings is 1. The van der Waals surface area contributed by atoms with Crippen LogP contribution in [0, 0.1) is 0 Å². The predicted molar refractivity (Wildman–Crippen MR) is 79.7 cm³/mol. The number of hydroxylamine groups is 3. The molecule has 2 bridgehead atoms. The van der Waals surface area contributed by atoms with Crippen molar-refractivity contribution in [3.05, 3.63) is 18.7 Å². The van der Waals surface area contributed by atoms with E-state index < -0.39 is 34.4 Å². The molecule has 0 spiro atoms. The number of aromatic nitrogens is 2. The van der Waals surface area contributed by atoms with E-state index in [9.17, 15) is 18.0 Å². The first-order valence-corrected chi connectivity index (χ1v) is 8.86. The molecule has 12 nitrogen and oxygen atoms in total. The van der Waals surface area contributed by atoms with Crippen LogP contribution in [-0.2, 0) is 30.9 Å². The van der Waals surface area contributed by atoms with Gasteiger partial charge in [0.25, 0.3) is 5.91 Å². The van der Waals surface area contributed by atoms with Gasteiger partial charge in [-0.25, -0.2) is 15.3 Å². The lowest BCUT2D eigenvalue weighted by molar-refractivity contribution is -0.139. The molecule has 25 heavy (non-hydrogen) atoms. The molecule has 13 heteroatoms. The lowest BCUT2D eigenvalue weighted by atomic mass is 10.0. The highest BCUT2D eigenvalue weighted by Gasteiger charge is 2.49. The van der Waals surface area contributed by atoms with Gasteiger partial charge < -0.3 is 9.47 Å². The topological polar surface area (TPSA) is 143 Å². The van der Waals surface area contributed by atoms with Crippen LogP contribution in [0.1, 0.15) is 12.8 Å². The molecular formula is C12H17N5O7S. The van der Waals surface area contributed by atoms with Gasteiger partial charge in [-0.2, -0.15) is 13.5 Å². The summed E-state index contributed by atoms with van der Waals surface area (Å²) < 4.78 is 36.5. The zero-order valence-electron chi connectivity index (χ0n) is 13.0. The Labute approximate surface area is 143 Å². The van der Waals surface area contributed by atoms with Crippen molar-refractivity contribution in [3.63, 3.8) is 0 Å². The van der Waals surface area contributed by atoms with Crippen molar-refractivity contribution in [2.45, 2.75) is 31.5 Å². The summed E-state index contributed by atoms with van der Waals surface area (Å²) in [5.41, 5.74) is 2.29. The van der Waals surface area contributed by atoms with Crippen molar-refractivity contribution in [2.24, 2.45) is 0 Å². The molecule has 2 unspecified atom stereocenters. The molecular weight excluding hydrogens is 358 g/mol. The second-order valence-electron chi connectivity index (χ2n) is 5.63. The molecule has 2 aliphatic rings. The second-order valence-corrected chi connectivity index (χ2v) is 6.63. The third-order valence-corrected chi connectivity index (χ3v) is 4.33. The molecule has 0 radical (unpaired) electrons. The van der Waals surface area contributed by atoms with Gasteiger partial charge in [0.15, 0.2) is 0 Å². The molecule has 2 saturated heterocycles. The molecule has 1 aromatic rings. The van der Waals surface area contributed by atoms with Crippen LogP contribution in [0.4, 0.5) is 4.79 Å². The molecule has 0 saturated carbocycles. The summed E-state index contributed by atoms with van der Waals surface area (Å²) in [6.45, 7) is 0.830. The third-order valence-electron chi connectivity index (χ3n) is 3.98. The standard InChI is InChI=1S/C12H17N5O7S/c18-11(14-23-6-5-15-4-3-13-8-15)10-2-1-9-7-16(10)12(19)17(9)24-25(20,21)22/h3-4,8-10H,1-2,5-7H2,(H,14,18)(H,20,21,22). The van der Waals surface area contributed by atoms with Crippen molar-refractivity contribution in [1.29, 1.82) is 0 Å². The van der Waals surface area contributed by atoms with Gasteiger partial charge in [-0.05, 0) is 12.8 Å². The fourth-order valence-electron chi connectivity index (χ4n) is 2.86. The number of amides is 3. The van der Waals surface area contributed by atoms with E-state index in [0.717, 1.165) is 0 Å². The first-order valence-electron chi connectivity index (χ1n) is 7.49. The van der Waals surface area contributed by atoms with Gasteiger partial charge in [-0.15, -0.1) is 4.28 Å². The van der Waals surface area contributed by atoms with Crippen LogP contribution in [-0.4, -0.2) is 69.7 Å². The molecule has 0 aromatic carbocycles. The van der Waals surface area contributed by atoms with Crippen LogP contribution >= 0.6 is 0 Å². The minimum Gasteiger partial charge on any atom is -0.335 e. The highest BCUT2D eigenvalue weighted by molar-refractivity contribution is 7.80. The van der Waals surface area contributed by atoms with Gasteiger partial charge in [0.2, 0.25) is 0 Å². The van der Waals surface area contributed by atoms with E-state index in [1.165, 1.54) is 4.90 Å². The van der Waals surface area contributed by atoms with Crippen LogP contribution in [0.25, 0.3) is 0 Å². The minimum absolute atomic E-state index is 0.126. The Balaban J connectivity index is 1.51. The van der Waals surface area contributed by atoms with Gasteiger partial charge in [-0.1, -0.05) is 0 Å². The van der Waals surface area contributed by atoms with Gasteiger partial charge in [-0.3, -0.25) is 14.2 Å². The summed E-state index contributed by atoms with van der Waals surface area (Å²) in [7, 11) is -4.81. The number of nitrogens with one attached hydrogen (secondary N) is 1. The number of hydrogen-bond donors (Lipinski definition) is 2. The first-order chi connectivity index (χ1) is 11.8. The van der Waals surface area contributed by atoms with E-state index in [-0.39, 0.29) is 13.2 Å². The van der Waals surface area contributed by atoms with Gasteiger partial charge in [0, 0.05) is 25.5 Å². The van der Waals surface area contributed by atoms with E-state index in [1.807, 2.05) is 0 Å². The Morgan fingerprint density at radius 2 is 2.24 bits per heavy atom. The highest BCUT2D eigenvalue weighted by atomic mass is 32.3. The summed E-state index contributed by atoms with van der Waals surface area (Å²) in [6, 6.07) is -2.13. The monoisotopic (exact) mass is 375 g/mol. The molecule has 2 fully saturated rings. The number of urea groups is 1. The minimum atomic E-state index is -4.81. The molecule has 1 aromatic heterocycles. The smallest absolute Gasteiger partial charge is 0.335 e. The maximum absolute atomic E-state index is 12.2. The van der Waals surface area contributed by atoms with Crippen molar-refractivity contribution in [3.8, 4) is 0 Å². The largest absolute Gasteiger partial charge is 0.418 e. The third kappa shape index (κ3) is 4.07. The lowest BCUT2D eigenvalue weighted by Crippen LogP contribution is -2.49. The van der Waals surface area contributed by atoms with Crippen LogP contribution < -0.4 is 5.48 Å². The van der Waals surface area contributed by atoms with Gasteiger partial charge in [0.1, 0.15) is 6.04 Å². The number of nitrogens with zero attached hydrogens (tertiary/aromatic N) is 4. The van der Waals surface area contributed by atoms with E-state index in [2.05, 4.69) is 14.7 Å². The maximum Gasteiger partial charge on any atom is 0.418 e. The van der Waals surface area contributed by atoms with E-state index >= 15 is 0 Å². The summed E-state index contributed by atoms with van der Waals surface area (Å²) in [5.74, 6) is -0.508. The Morgan fingerprint density at radius 1 is 1.44 bits per heavy atom. The summed E-state index contributed by atoms with van der Waals surface area (Å²) in [6.07, 6.45) is 5.65. The average molecular weight is 375 g/mol. The molecule has 3 amide bonds. The summed E-state index contributed by atoms with van der Waals surface area (Å²) in [4.78, 5) is 34.6. The number of fused-ring (bicyclic) bond motifs is 2. The van der Waals surface area contributed by atoms with Crippen LogP contribution in [0.3, 0.4) is 0 Å². The summed E-state index contributed by atoms with van der Waals surface area (Å²) >= 11 is 0. The normalized spacial score (nSPS) is 23.2. The molecule has 138 valence electrons. The number of carbonyl (C=O) groups excluding carboxylic acids is 2. The van der Waals surface area contributed by atoms with Crippen molar-refractivity contribution in [2.75, 3.05) is 13.2 Å². The fourth-order valence-corrected chi connectivity index (χ4v) is 3.25. The first kappa shape index (κ1) is 17.6. The highest BCUT2D eigenvalue weighted by Crippen LogP contribution is 2.30. The number of rotatable bonds is 7. The number of piperidine rings is 1. The van der Waals surface area contributed by atoms with E-state index in [1.54, 1.807) is 23.3 Å². The Kier molecular flexibility index (Phi) is 4.89. The maximum atomic E-state index is 12.2. The van der Waals surface area contributed by atoms with E-state index in [4.69, 9.17) is 9.39 Å². The van der Waals surface area contributed by atoms with Crippen LogP contribution in [0.15, 0.2) is 18.7 Å². The molecule has 2 N–H and O–H groups in total. The van der Waals surface area contributed by atoms with Crippen molar-refractivity contribution in [1.82, 2.24) is 25.0 Å². The van der Waals surface area contributed by atoms with Crippen LogP contribution in [0.5, 0.6) is 0 Å². The summed E-state index contributed by atoms with van der Waals surface area (Å²) in [5, 5.41) is 0.586. The fraction of sp³-hybridized carbons (Fsp3) is 0.583. The molecule has 3 rings (SSSR count). The lowest BCUT2D eigenvalue weighted by Gasteiger charge is -2.28.